The third kappa shape index (κ3) is 3.16. The standard InChI is InChI=1S/C20H30N4O3/c1-22-16-7-4-3-6-15(16)17(21-22)18(25)24-11-9-20(14-24)8-5-10-23(19(20)26)12-13-27-2/h3-14H2,1-2H3/t20-/m0/s1. The molecule has 0 aromatic carbocycles. The topological polar surface area (TPSA) is 67.7 Å². The lowest BCUT2D eigenvalue weighted by atomic mass is 9.78. The Bertz CT molecular complexity index is 744. The molecule has 0 unspecified atom stereocenters. The summed E-state index contributed by atoms with van der Waals surface area (Å²) in [7, 11) is 3.60. The molecular formula is C20H30N4O3. The largest absolute Gasteiger partial charge is 0.383 e. The molecule has 1 aromatic heterocycles. The minimum Gasteiger partial charge on any atom is -0.383 e. The maximum Gasteiger partial charge on any atom is 0.274 e. The number of hydrogen-bond donors (Lipinski definition) is 0. The molecule has 3 aliphatic rings. The highest BCUT2D eigenvalue weighted by Crippen LogP contribution is 2.40. The summed E-state index contributed by atoms with van der Waals surface area (Å²) in [6, 6.07) is 0. The molecule has 1 aromatic rings. The Morgan fingerprint density at radius 3 is 2.81 bits per heavy atom. The van der Waals surface area contributed by atoms with Crippen molar-refractivity contribution in [3.05, 3.63) is 17.0 Å². The molecule has 2 aliphatic heterocycles. The van der Waals surface area contributed by atoms with E-state index in [4.69, 9.17) is 4.74 Å². The van der Waals surface area contributed by atoms with Crippen LogP contribution in [0.1, 0.15) is 53.8 Å². The van der Waals surface area contributed by atoms with Crippen molar-refractivity contribution in [2.45, 2.75) is 44.9 Å². The number of carbonyl (C=O) groups excluding carboxylic acids is 2. The molecule has 0 radical (unpaired) electrons. The molecule has 0 saturated carbocycles. The maximum atomic E-state index is 13.2. The van der Waals surface area contributed by atoms with Crippen LogP contribution in [0.3, 0.4) is 0 Å². The molecule has 7 nitrogen and oxygen atoms in total. The number of amides is 2. The number of piperidine rings is 1. The zero-order valence-electron chi connectivity index (χ0n) is 16.5. The number of hydrogen-bond acceptors (Lipinski definition) is 4. The highest BCUT2D eigenvalue weighted by molar-refractivity contribution is 5.95. The summed E-state index contributed by atoms with van der Waals surface area (Å²) in [6.45, 7) is 3.17. The lowest BCUT2D eigenvalue weighted by Gasteiger charge is -2.39. The van der Waals surface area contributed by atoms with Gasteiger partial charge in [0, 0.05) is 51.6 Å². The first-order chi connectivity index (χ1) is 13.1. The molecule has 7 heteroatoms. The van der Waals surface area contributed by atoms with E-state index < -0.39 is 5.41 Å². The predicted octanol–water partition coefficient (Wildman–Crippen LogP) is 1.40. The summed E-state index contributed by atoms with van der Waals surface area (Å²) in [6.07, 6.45) is 6.86. The summed E-state index contributed by atoms with van der Waals surface area (Å²) >= 11 is 0. The van der Waals surface area contributed by atoms with Gasteiger partial charge in [0.05, 0.1) is 12.0 Å². The van der Waals surface area contributed by atoms with Crippen molar-refractivity contribution in [2.75, 3.05) is 39.9 Å². The van der Waals surface area contributed by atoms with Gasteiger partial charge in [-0.2, -0.15) is 5.10 Å². The van der Waals surface area contributed by atoms with Crippen LogP contribution in [0.15, 0.2) is 0 Å². The van der Waals surface area contributed by atoms with E-state index in [1.807, 2.05) is 21.5 Å². The van der Waals surface area contributed by atoms with Crippen molar-refractivity contribution >= 4 is 11.8 Å². The summed E-state index contributed by atoms with van der Waals surface area (Å²) in [4.78, 5) is 30.1. The fourth-order valence-corrected chi connectivity index (χ4v) is 5.09. The van der Waals surface area contributed by atoms with E-state index >= 15 is 0 Å². The number of nitrogens with zero attached hydrogens (tertiary/aromatic N) is 4. The minimum absolute atomic E-state index is 0.00689. The van der Waals surface area contributed by atoms with Crippen LogP contribution in [0.4, 0.5) is 0 Å². The zero-order chi connectivity index (χ0) is 19.0. The SMILES string of the molecule is COCCN1CCC[C@@]2(CCN(C(=O)c3nn(C)c4c3CCCC4)C2)C1=O. The van der Waals surface area contributed by atoms with Gasteiger partial charge in [-0.05, 0) is 44.9 Å². The van der Waals surface area contributed by atoms with Gasteiger partial charge in [0.25, 0.3) is 5.91 Å². The monoisotopic (exact) mass is 374 g/mol. The Morgan fingerprint density at radius 1 is 1.19 bits per heavy atom. The zero-order valence-corrected chi connectivity index (χ0v) is 16.5. The molecule has 2 amide bonds. The summed E-state index contributed by atoms with van der Waals surface area (Å²) in [5.74, 6) is 0.205. The normalized spacial score (nSPS) is 25.3. The average Bonchev–Trinajstić information content (AvgIpc) is 3.26. The predicted molar refractivity (Wildman–Crippen MR) is 100 cm³/mol. The van der Waals surface area contributed by atoms with Crippen molar-refractivity contribution in [1.82, 2.24) is 19.6 Å². The number of carbonyl (C=O) groups is 2. The Balaban J connectivity index is 1.51. The van der Waals surface area contributed by atoms with Gasteiger partial charge in [-0.15, -0.1) is 0 Å². The van der Waals surface area contributed by atoms with Crippen LogP contribution in [0, 0.1) is 5.41 Å². The maximum absolute atomic E-state index is 13.2. The molecule has 3 heterocycles. The highest BCUT2D eigenvalue weighted by Gasteiger charge is 2.49. The van der Waals surface area contributed by atoms with Gasteiger partial charge >= 0.3 is 0 Å². The summed E-state index contributed by atoms with van der Waals surface area (Å²) < 4.78 is 7.03. The fraction of sp³-hybridized carbons (Fsp3) is 0.750. The van der Waals surface area contributed by atoms with Crippen molar-refractivity contribution < 1.29 is 14.3 Å². The molecule has 27 heavy (non-hydrogen) atoms. The Hall–Kier alpha value is -1.89. The van der Waals surface area contributed by atoms with Crippen molar-refractivity contribution in [2.24, 2.45) is 12.5 Å². The van der Waals surface area contributed by atoms with E-state index in [1.165, 1.54) is 12.1 Å². The summed E-state index contributed by atoms with van der Waals surface area (Å²) in [5, 5.41) is 4.56. The van der Waals surface area contributed by atoms with Crippen LogP contribution < -0.4 is 0 Å². The van der Waals surface area contributed by atoms with E-state index in [9.17, 15) is 9.59 Å². The minimum atomic E-state index is -0.406. The van der Waals surface area contributed by atoms with Gasteiger partial charge in [-0.25, -0.2) is 0 Å². The number of aryl methyl sites for hydroxylation is 1. The molecular weight excluding hydrogens is 344 g/mol. The number of rotatable bonds is 4. The number of likely N-dealkylation sites (tertiary alicyclic amines) is 2. The second-order valence-electron chi connectivity index (χ2n) is 8.25. The molecule has 1 atom stereocenters. The van der Waals surface area contributed by atoms with Crippen LogP contribution in [-0.2, 0) is 29.4 Å². The third-order valence-electron chi connectivity index (χ3n) is 6.60. The number of aromatic nitrogens is 2. The number of fused-ring (bicyclic) bond motifs is 1. The van der Waals surface area contributed by atoms with Crippen LogP contribution in [0.25, 0.3) is 0 Å². The molecule has 148 valence electrons. The van der Waals surface area contributed by atoms with Crippen LogP contribution in [0.5, 0.6) is 0 Å². The smallest absolute Gasteiger partial charge is 0.274 e. The average molecular weight is 374 g/mol. The second kappa shape index (κ2) is 7.26. The van der Waals surface area contributed by atoms with E-state index in [0.29, 0.717) is 31.9 Å². The lowest BCUT2D eigenvalue weighted by molar-refractivity contribution is -0.146. The molecule has 1 spiro atoms. The van der Waals surface area contributed by atoms with Crippen molar-refractivity contribution in [3.63, 3.8) is 0 Å². The molecule has 4 rings (SSSR count). The Morgan fingerprint density at radius 2 is 2.00 bits per heavy atom. The molecule has 2 fully saturated rings. The summed E-state index contributed by atoms with van der Waals surface area (Å²) in [5.41, 5.74) is 2.55. The van der Waals surface area contributed by atoms with Crippen molar-refractivity contribution in [1.29, 1.82) is 0 Å². The molecule has 1 aliphatic carbocycles. The first kappa shape index (κ1) is 18.5. The number of ether oxygens (including phenoxy) is 1. The molecule has 0 bridgehead atoms. The number of methoxy groups -OCH3 is 1. The van der Waals surface area contributed by atoms with Crippen LogP contribution in [-0.4, -0.2) is 71.3 Å². The fourth-order valence-electron chi connectivity index (χ4n) is 5.09. The van der Waals surface area contributed by atoms with Gasteiger partial charge in [0.1, 0.15) is 0 Å². The second-order valence-corrected chi connectivity index (χ2v) is 8.25. The lowest BCUT2D eigenvalue weighted by Crippen LogP contribution is -2.51. The Kier molecular flexibility index (Phi) is 4.97. The first-order valence-electron chi connectivity index (χ1n) is 10.2. The quantitative estimate of drug-likeness (QED) is 0.799. The molecule has 0 N–H and O–H groups in total. The van der Waals surface area contributed by atoms with Crippen molar-refractivity contribution in [3.8, 4) is 0 Å². The van der Waals surface area contributed by atoms with Gasteiger partial charge in [-0.1, -0.05) is 0 Å². The van der Waals surface area contributed by atoms with Gasteiger partial charge < -0.3 is 14.5 Å². The van der Waals surface area contributed by atoms with E-state index in [0.717, 1.165) is 50.6 Å². The first-order valence-corrected chi connectivity index (χ1v) is 10.2. The van der Waals surface area contributed by atoms with Gasteiger partial charge in [0.2, 0.25) is 5.91 Å². The van der Waals surface area contributed by atoms with Gasteiger partial charge in [0.15, 0.2) is 5.69 Å². The Labute approximate surface area is 160 Å². The van der Waals surface area contributed by atoms with Crippen LogP contribution in [0.2, 0.25) is 0 Å². The van der Waals surface area contributed by atoms with Crippen LogP contribution >= 0.6 is 0 Å². The van der Waals surface area contributed by atoms with E-state index in [1.54, 1.807) is 7.11 Å². The third-order valence-corrected chi connectivity index (χ3v) is 6.60. The highest BCUT2D eigenvalue weighted by atomic mass is 16.5. The van der Waals surface area contributed by atoms with E-state index in [-0.39, 0.29) is 11.8 Å². The van der Waals surface area contributed by atoms with E-state index in [2.05, 4.69) is 5.10 Å². The molecule has 2 saturated heterocycles. The van der Waals surface area contributed by atoms with Gasteiger partial charge in [-0.3, -0.25) is 14.3 Å².